The zero-order valence-corrected chi connectivity index (χ0v) is 12.7. The lowest BCUT2D eigenvalue weighted by atomic mass is 9.76. The minimum Gasteiger partial charge on any atom is -0.390 e. The Bertz CT molecular complexity index is 436. The maximum atomic E-state index is 10.7. The maximum Gasteiger partial charge on any atom is 0.183 e. The summed E-state index contributed by atoms with van der Waals surface area (Å²) in [7, 11) is 1.68. The van der Waals surface area contributed by atoms with E-state index in [0.717, 1.165) is 31.6 Å². The Hall–Kier alpha value is -0.460. The van der Waals surface area contributed by atoms with Gasteiger partial charge < -0.3 is 24.2 Å². The molecule has 0 aromatic heterocycles. The molecule has 0 aromatic rings. The lowest BCUT2D eigenvalue weighted by Crippen LogP contribution is -2.66. The molecule has 0 spiro atoms. The highest BCUT2D eigenvalue weighted by molar-refractivity contribution is 5.25. The molecule has 4 bridgehead atoms. The topological polar surface area (TPSA) is 51.2 Å². The zero-order chi connectivity index (χ0) is 14.6. The number of hydrogen-bond acceptors (Lipinski definition) is 5. The Labute approximate surface area is 125 Å². The van der Waals surface area contributed by atoms with Gasteiger partial charge in [-0.1, -0.05) is 13.0 Å². The van der Waals surface area contributed by atoms with Crippen molar-refractivity contribution in [3.63, 3.8) is 0 Å². The van der Waals surface area contributed by atoms with E-state index in [1.165, 1.54) is 19.3 Å². The Morgan fingerprint density at radius 1 is 1.38 bits per heavy atom. The Balaban J connectivity index is 1.64. The van der Waals surface area contributed by atoms with Gasteiger partial charge in [0, 0.05) is 19.6 Å². The van der Waals surface area contributed by atoms with E-state index >= 15 is 0 Å². The number of aliphatic hydroxyl groups excluding tert-OH is 1. The van der Waals surface area contributed by atoms with Crippen molar-refractivity contribution < 1.29 is 19.3 Å². The van der Waals surface area contributed by atoms with Crippen LogP contribution in [-0.2, 0) is 14.2 Å². The first kappa shape index (κ1) is 14.2. The third-order valence-corrected chi connectivity index (χ3v) is 5.85. The van der Waals surface area contributed by atoms with E-state index in [-0.39, 0.29) is 18.1 Å². The fraction of sp³-hybridized carbons (Fsp3) is 0.875. The second-order valence-corrected chi connectivity index (χ2v) is 6.94. The molecule has 4 heterocycles. The van der Waals surface area contributed by atoms with Crippen LogP contribution in [0.2, 0.25) is 0 Å². The predicted molar refractivity (Wildman–Crippen MR) is 76.5 cm³/mol. The highest BCUT2D eigenvalue weighted by Crippen LogP contribution is 2.58. The van der Waals surface area contributed by atoms with Crippen LogP contribution < -0.4 is 0 Å². The SMILES string of the molecule is C=C1C2OC(OC)C3C1C[C@@H](O)C3(CN1CCCCC1)O2. The Kier molecular flexibility index (Phi) is 3.39. The van der Waals surface area contributed by atoms with Gasteiger partial charge in [0.15, 0.2) is 12.6 Å². The third-order valence-electron chi connectivity index (χ3n) is 5.85. The van der Waals surface area contributed by atoms with Crippen LogP contribution in [0.25, 0.3) is 0 Å². The summed E-state index contributed by atoms with van der Waals surface area (Å²) in [5.74, 6) is 0.305. The number of nitrogens with zero attached hydrogens (tertiary/aromatic N) is 1. The number of hydrogen-bond donors (Lipinski definition) is 1. The van der Waals surface area contributed by atoms with Crippen LogP contribution in [0.1, 0.15) is 25.7 Å². The maximum absolute atomic E-state index is 10.7. The number of fused-ring (bicyclic) bond motifs is 1. The average molecular weight is 295 g/mol. The molecule has 1 aliphatic carbocycles. The lowest BCUT2D eigenvalue weighted by molar-refractivity contribution is -0.375. The Morgan fingerprint density at radius 2 is 2.14 bits per heavy atom. The summed E-state index contributed by atoms with van der Waals surface area (Å²) >= 11 is 0. The van der Waals surface area contributed by atoms with Crippen molar-refractivity contribution >= 4 is 0 Å². The number of aliphatic hydroxyl groups is 1. The smallest absolute Gasteiger partial charge is 0.183 e. The third kappa shape index (κ3) is 1.95. The Morgan fingerprint density at radius 3 is 2.86 bits per heavy atom. The largest absolute Gasteiger partial charge is 0.390 e. The van der Waals surface area contributed by atoms with Crippen LogP contribution in [0.15, 0.2) is 12.2 Å². The highest BCUT2D eigenvalue weighted by Gasteiger charge is 2.68. The van der Waals surface area contributed by atoms with Gasteiger partial charge in [0.25, 0.3) is 0 Å². The van der Waals surface area contributed by atoms with Crippen molar-refractivity contribution in [2.24, 2.45) is 11.8 Å². The first-order chi connectivity index (χ1) is 10.2. The van der Waals surface area contributed by atoms with E-state index in [0.29, 0.717) is 0 Å². The first-order valence-electron chi connectivity index (χ1n) is 8.11. The van der Waals surface area contributed by atoms with Crippen LogP contribution in [-0.4, -0.2) is 61.0 Å². The fourth-order valence-electron chi connectivity index (χ4n) is 4.80. The van der Waals surface area contributed by atoms with Crippen molar-refractivity contribution in [1.82, 2.24) is 4.90 Å². The van der Waals surface area contributed by atoms with Crippen molar-refractivity contribution in [2.75, 3.05) is 26.7 Å². The molecule has 4 aliphatic heterocycles. The number of rotatable bonds is 3. The summed E-state index contributed by atoms with van der Waals surface area (Å²) in [6.45, 7) is 7.10. The van der Waals surface area contributed by atoms with Crippen molar-refractivity contribution in [2.45, 2.75) is 50.0 Å². The molecular weight excluding hydrogens is 270 g/mol. The molecule has 1 N–H and O–H groups in total. The normalized spacial score (nSPS) is 49.8. The van der Waals surface area contributed by atoms with Crippen molar-refractivity contribution in [3.05, 3.63) is 12.2 Å². The van der Waals surface area contributed by atoms with Crippen LogP contribution in [0.3, 0.4) is 0 Å². The van der Waals surface area contributed by atoms with E-state index < -0.39 is 18.0 Å². The minimum atomic E-state index is -0.549. The van der Waals surface area contributed by atoms with Gasteiger partial charge in [-0.25, -0.2) is 0 Å². The van der Waals surface area contributed by atoms with Gasteiger partial charge in [-0.05, 0) is 43.8 Å². The molecule has 1 saturated carbocycles. The lowest BCUT2D eigenvalue weighted by Gasteiger charge is -2.55. The molecule has 0 radical (unpaired) electrons. The molecule has 0 aromatic carbocycles. The summed E-state index contributed by atoms with van der Waals surface area (Å²) < 4.78 is 17.6. The summed E-state index contributed by atoms with van der Waals surface area (Å²) in [5.41, 5.74) is 0.423. The van der Waals surface area contributed by atoms with Crippen LogP contribution in [0.5, 0.6) is 0 Å². The van der Waals surface area contributed by atoms with E-state index in [1.54, 1.807) is 7.11 Å². The molecule has 5 nitrogen and oxygen atoms in total. The van der Waals surface area contributed by atoms with Gasteiger partial charge in [-0.3, -0.25) is 0 Å². The summed E-state index contributed by atoms with van der Waals surface area (Å²) in [6.07, 6.45) is 3.33. The van der Waals surface area contributed by atoms with Crippen LogP contribution >= 0.6 is 0 Å². The van der Waals surface area contributed by atoms with E-state index in [1.807, 2.05) is 0 Å². The van der Waals surface area contributed by atoms with E-state index in [9.17, 15) is 5.11 Å². The summed E-state index contributed by atoms with van der Waals surface area (Å²) in [4.78, 5) is 2.44. The standard InChI is InChI=1S/C16H25NO4/c1-10-11-8-12(18)16(9-17-6-4-3-5-7-17)13(11)15(19-2)20-14(10)21-16/h11-15,18H,1,3-9H2,2H3/t11?,12-,13?,14?,15?,16?/m1/s1. The number of likely N-dealkylation sites (tertiary alicyclic amines) is 1. The second-order valence-electron chi connectivity index (χ2n) is 6.94. The molecule has 5 fully saturated rings. The van der Waals surface area contributed by atoms with Gasteiger partial charge in [0.05, 0.1) is 6.10 Å². The van der Waals surface area contributed by atoms with Gasteiger partial charge in [0.2, 0.25) is 0 Å². The molecule has 5 rings (SSSR count). The van der Waals surface area contributed by atoms with Gasteiger partial charge in [0.1, 0.15) is 5.60 Å². The molecule has 5 heteroatoms. The molecule has 21 heavy (non-hydrogen) atoms. The van der Waals surface area contributed by atoms with Crippen LogP contribution in [0, 0.1) is 11.8 Å². The fourth-order valence-corrected chi connectivity index (χ4v) is 4.80. The van der Waals surface area contributed by atoms with Crippen molar-refractivity contribution in [1.29, 1.82) is 0 Å². The number of methoxy groups -OCH3 is 1. The molecule has 4 saturated heterocycles. The molecule has 118 valence electrons. The van der Waals surface area contributed by atoms with Crippen molar-refractivity contribution in [3.8, 4) is 0 Å². The highest BCUT2D eigenvalue weighted by atomic mass is 16.8. The van der Waals surface area contributed by atoms with E-state index in [4.69, 9.17) is 14.2 Å². The average Bonchev–Trinajstić information content (AvgIpc) is 2.75. The number of piperidine rings is 1. The predicted octanol–water partition coefficient (Wildman–Crippen LogP) is 1.12. The molecule has 0 amide bonds. The molecule has 5 unspecified atom stereocenters. The van der Waals surface area contributed by atoms with E-state index in [2.05, 4.69) is 11.5 Å². The summed E-state index contributed by atoms with van der Waals surface area (Å²) in [6, 6.07) is 0. The molecule has 5 aliphatic rings. The molecular formula is C16H25NO4. The first-order valence-corrected chi connectivity index (χ1v) is 8.11. The summed E-state index contributed by atoms with van der Waals surface area (Å²) in [5, 5.41) is 10.7. The second kappa shape index (κ2) is 5.03. The molecule has 6 atom stereocenters. The van der Waals surface area contributed by atoms with Gasteiger partial charge >= 0.3 is 0 Å². The van der Waals surface area contributed by atoms with Gasteiger partial charge in [-0.15, -0.1) is 0 Å². The number of ether oxygens (including phenoxy) is 3. The van der Waals surface area contributed by atoms with Crippen LogP contribution in [0.4, 0.5) is 0 Å². The quantitative estimate of drug-likeness (QED) is 0.791. The minimum absolute atomic E-state index is 0.0527. The monoisotopic (exact) mass is 295 g/mol. The zero-order valence-electron chi connectivity index (χ0n) is 12.7. The van der Waals surface area contributed by atoms with Gasteiger partial charge in [-0.2, -0.15) is 0 Å².